The topological polar surface area (TPSA) is 49.2 Å². The van der Waals surface area contributed by atoms with Crippen LogP contribution in [0.1, 0.15) is 19.8 Å². The summed E-state index contributed by atoms with van der Waals surface area (Å²) in [7, 11) is 0. The van der Waals surface area contributed by atoms with Crippen LogP contribution < -0.4 is 4.90 Å². The van der Waals surface area contributed by atoms with Crippen LogP contribution in [0.2, 0.25) is 10.4 Å². The summed E-state index contributed by atoms with van der Waals surface area (Å²) in [6.07, 6.45) is 1.96. The summed E-state index contributed by atoms with van der Waals surface area (Å²) in [6.45, 7) is 2.94. The summed E-state index contributed by atoms with van der Waals surface area (Å²) >= 11 is 11.6. The van der Waals surface area contributed by atoms with Crippen molar-refractivity contribution in [2.24, 2.45) is 0 Å². The zero-order valence-corrected chi connectivity index (χ0v) is 10.5. The number of hydrogen-bond acceptors (Lipinski definition) is 4. The lowest BCUT2D eigenvalue weighted by Crippen LogP contribution is -2.44. The molecule has 1 N–H and O–H groups in total. The first kappa shape index (κ1) is 11.9. The standard InChI is InChI=1S/C10H13Cl2N3O/c1-10(6-16)3-2-4-15(10)8-5-7(11)13-9(12)14-8/h5,16H,2-4,6H2,1H3. The van der Waals surface area contributed by atoms with Gasteiger partial charge in [0.15, 0.2) is 0 Å². The second kappa shape index (κ2) is 4.35. The van der Waals surface area contributed by atoms with Crippen LogP contribution in [0.5, 0.6) is 0 Å². The lowest BCUT2D eigenvalue weighted by Gasteiger charge is -2.34. The van der Waals surface area contributed by atoms with E-state index in [0.717, 1.165) is 19.4 Å². The normalized spacial score (nSPS) is 25.1. The van der Waals surface area contributed by atoms with Crippen molar-refractivity contribution in [2.75, 3.05) is 18.1 Å². The first-order chi connectivity index (χ1) is 7.55. The van der Waals surface area contributed by atoms with E-state index < -0.39 is 0 Å². The number of aliphatic hydroxyl groups is 1. The third kappa shape index (κ3) is 2.10. The minimum Gasteiger partial charge on any atom is -0.394 e. The molecule has 2 rings (SSSR count). The smallest absolute Gasteiger partial charge is 0.225 e. The molecule has 2 heterocycles. The maximum atomic E-state index is 9.44. The minimum absolute atomic E-state index is 0.0895. The third-order valence-corrected chi connectivity index (χ3v) is 3.38. The lowest BCUT2D eigenvalue weighted by molar-refractivity contribution is 0.209. The molecule has 0 spiro atoms. The van der Waals surface area contributed by atoms with Gasteiger partial charge in [-0.05, 0) is 31.4 Å². The molecule has 1 unspecified atom stereocenters. The second-order valence-electron chi connectivity index (χ2n) is 4.23. The molecule has 6 heteroatoms. The van der Waals surface area contributed by atoms with Crippen LogP contribution >= 0.6 is 23.2 Å². The van der Waals surface area contributed by atoms with Crippen molar-refractivity contribution in [3.05, 3.63) is 16.5 Å². The van der Waals surface area contributed by atoms with Gasteiger partial charge in [0.05, 0.1) is 12.1 Å². The Labute approximate surface area is 104 Å². The van der Waals surface area contributed by atoms with Crippen molar-refractivity contribution in [1.82, 2.24) is 9.97 Å². The number of anilines is 1. The van der Waals surface area contributed by atoms with Crippen molar-refractivity contribution in [3.8, 4) is 0 Å². The van der Waals surface area contributed by atoms with Gasteiger partial charge >= 0.3 is 0 Å². The molecule has 16 heavy (non-hydrogen) atoms. The van der Waals surface area contributed by atoms with Gasteiger partial charge in [-0.1, -0.05) is 11.6 Å². The van der Waals surface area contributed by atoms with E-state index in [1.165, 1.54) is 0 Å². The molecule has 1 fully saturated rings. The van der Waals surface area contributed by atoms with Crippen LogP contribution in [-0.4, -0.2) is 33.8 Å². The van der Waals surface area contributed by atoms with E-state index in [9.17, 15) is 5.11 Å². The Morgan fingerprint density at radius 3 is 2.88 bits per heavy atom. The molecule has 0 aliphatic carbocycles. The Kier molecular flexibility index (Phi) is 3.24. The molecule has 0 saturated carbocycles. The third-order valence-electron chi connectivity index (χ3n) is 3.02. The van der Waals surface area contributed by atoms with E-state index in [0.29, 0.717) is 11.0 Å². The number of aromatic nitrogens is 2. The van der Waals surface area contributed by atoms with Gasteiger partial charge in [0.2, 0.25) is 5.28 Å². The number of halogens is 2. The van der Waals surface area contributed by atoms with Crippen LogP contribution in [0.3, 0.4) is 0 Å². The van der Waals surface area contributed by atoms with Crippen molar-refractivity contribution in [2.45, 2.75) is 25.3 Å². The fourth-order valence-electron chi connectivity index (χ4n) is 2.10. The molecule has 0 radical (unpaired) electrons. The molecule has 0 aromatic carbocycles. The van der Waals surface area contributed by atoms with Gasteiger partial charge in [0.25, 0.3) is 0 Å². The van der Waals surface area contributed by atoms with Crippen molar-refractivity contribution >= 4 is 29.0 Å². The molecule has 4 nitrogen and oxygen atoms in total. The molecule has 0 bridgehead atoms. The number of nitrogens with zero attached hydrogens (tertiary/aromatic N) is 3. The Morgan fingerprint density at radius 1 is 1.50 bits per heavy atom. The summed E-state index contributed by atoms with van der Waals surface area (Å²) in [5, 5.41) is 9.90. The maximum absolute atomic E-state index is 9.44. The molecule has 1 saturated heterocycles. The van der Waals surface area contributed by atoms with Crippen LogP contribution in [0.4, 0.5) is 5.82 Å². The Morgan fingerprint density at radius 2 is 2.25 bits per heavy atom. The van der Waals surface area contributed by atoms with Crippen molar-refractivity contribution in [1.29, 1.82) is 0 Å². The summed E-state index contributed by atoms with van der Waals surface area (Å²) in [4.78, 5) is 9.99. The molecule has 1 atom stereocenters. The average molecular weight is 262 g/mol. The zero-order valence-electron chi connectivity index (χ0n) is 8.95. The van der Waals surface area contributed by atoms with Gasteiger partial charge in [-0.25, -0.2) is 9.97 Å². The van der Waals surface area contributed by atoms with Gasteiger partial charge in [-0.2, -0.15) is 0 Å². The fourth-order valence-corrected chi connectivity index (χ4v) is 2.49. The zero-order chi connectivity index (χ0) is 11.8. The lowest BCUT2D eigenvalue weighted by atomic mass is 10.0. The molecule has 1 aliphatic heterocycles. The van der Waals surface area contributed by atoms with Crippen LogP contribution in [0.15, 0.2) is 6.07 Å². The largest absolute Gasteiger partial charge is 0.394 e. The number of aliphatic hydroxyl groups excluding tert-OH is 1. The fraction of sp³-hybridized carbons (Fsp3) is 0.600. The molecule has 0 amide bonds. The highest BCUT2D eigenvalue weighted by Crippen LogP contribution is 2.33. The molecular weight excluding hydrogens is 249 g/mol. The highest BCUT2D eigenvalue weighted by molar-refractivity contribution is 6.32. The van der Waals surface area contributed by atoms with E-state index >= 15 is 0 Å². The van der Waals surface area contributed by atoms with E-state index in [-0.39, 0.29) is 17.4 Å². The highest BCUT2D eigenvalue weighted by atomic mass is 35.5. The monoisotopic (exact) mass is 261 g/mol. The maximum Gasteiger partial charge on any atom is 0.225 e. The predicted molar refractivity (Wildman–Crippen MR) is 64.1 cm³/mol. The highest BCUT2D eigenvalue weighted by Gasteiger charge is 2.37. The Balaban J connectivity index is 2.36. The van der Waals surface area contributed by atoms with Crippen molar-refractivity contribution in [3.63, 3.8) is 0 Å². The minimum atomic E-state index is -0.277. The first-order valence-corrected chi connectivity index (χ1v) is 5.89. The van der Waals surface area contributed by atoms with Gasteiger partial charge < -0.3 is 10.0 Å². The molecule has 1 aromatic heterocycles. The Hall–Kier alpha value is -0.580. The van der Waals surface area contributed by atoms with E-state index in [2.05, 4.69) is 9.97 Å². The van der Waals surface area contributed by atoms with Crippen LogP contribution in [-0.2, 0) is 0 Å². The van der Waals surface area contributed by atoms with E-state index in [1.807, 2.05) is 11.8 Å². The quantitative estimate of drug-likeness (QED) is 0.655. The predicted octanol–water partition coefficient (Wildman–Crippen LogP) is 2.13. The van der Waals surface area contributed by atoms with Crippen molar-refractivity contribution < 1.29 is 5.11 Å². The van der Waals surface area contributed by atoms with Gasteiger partial charge in [0, 0.05) is 12.6 Å². The van der Waals surface area contributed by atoms with Crippen LogP contribution in [0.25, 0.3) is 0 Å². The average Bonchev–Trinajstić information content (AvgIpc) is 2.60. The van der Waals surface area contributed by atoms with E-state index in [1.54, 1.807) is 6.07 Å². The SMILES string of the molecule is CC1(CO)CCCN1c1cc(Cl)nc(Cl)n1. The summed E-state index contributed by atoms with van der Waals surface area (Å²) in [6, 6.07) is 1.67. The number of rotatable bonds is 2. The second-order valence-corrected chi connectivity index (χ2v) is 4.95. The molecule has 1 aliphatic rings. The summed E-state index contributed by atoms with van der Waals surface area (Å²) < 4.78 is 0. The van der Waals surface area contributed by atoms with Gasteiger partial charge in [-0.3, -0.25) is 0 Å². The van der Waals surface area contributed by atoms with E-state index in [4.69, 9.17) is 23.2 Å². The molecule has 1 aromatic rings. The first-order valence-electron chi connectivity index (χ1n) is 5.14. The summed E-state index contributed by atoms with van der Waals surface area (Å²) in [5.41, 5.74) is -0.277. The molecule has 88 valence electrons. The Bertz CT molecular complexity index is 381. The van der Waals surface area contributed by atoms with Gasteiger partial charge in [-0.15, -0.1) is 0 Å². The summed E-state index contributed by atoms with van der Waals surface area (Å²) in [5.74, 6) is 0.680. The number of hydrogen-bond donors (Lipinski definition) is 1. The molecular formula is C10H13Cl2N3O. The van der Waals surface area contributed by atoms with Gasteiger partial charge in [0.1, 0.15) is 11.0 Å². The van der Waals surface area contributed by atoms with Crippen LogP contribution in [0, 0.1) is 0 Å².